The van der Waals surface area contributed by atoms with Gasteiger partial charge in [-0.25, -0.2) is 14.6 Å². The van der Waals surface area contributed by atoms with Crippen molar-refractivity contribution in [3.05, 3.63) is 12.0 Å². The summed E-state index contributed by atoms with van der Waals surface area (Å²) in [5.74, 6) is -0.359. The molecule has 0 atom stereocenters. The number of aromatic nitrogens is 2. The molecule has 1 rings (SSSR count). The summed E-state index contributed by atoms with van der Waals surface area (Å²) in [6, 6.07) is -0.358. The van der Waals surface area contributed by atoms with Gasteiger partial charge in [0, 0.05) is 21.1 Å². The highest BCUT2D eigenvalue weighted by Gasteiger charge is 2.19. The number of ether oxygens (including phenoxy) is 1. The molecule has 0 bridgehead atoms. The molecule has 1 N–H and O–H groups in total. The molecule has 1 aromatic heterocycles. The number of esters is 1. The third-order valence-electron chi connectivity index (χ3n) is 1.95. The van der Waals surface area contributed by atoms with Gasteiger partial charge >= 0.3 is 12.0 Å². The highest BCUT2D eigenvalue weighted by atomic mass is 16.5. The van der Waals surface area contributed by atoms with Gasteiger partial charge in [0.2, 0.25) is 0 Å². The fourth-order valence-corrected chi connectivity index (χ4v) is 1.07. The Balaban J connectivity index is 2.97. The average Bonchev–Trinajstić information content (AvgIpc) is 2.58. The maximum absolute atomic E-state index is 11.4. The van der Waals surface area contributed by atoms with Gasteiger partial charge in [-0.1, -0.05) is 0 Å². The van der Waals surface area contributed by atoms with Crippen LogP contribution in [0.4, 0.5) is 10.6 Å². The van der Waals surface area contributed by atoms with Crippen molar-refractivity contribution in [3.63, 3.8) is 0 Å². The van der Waals surface area contributed by atoms with E-state index in [0.29, 0.717) is 0 Å². The molecule has 0 saturated carbocycles. The number of rotatable bonds is 2. The molecule has 7 nitrogen and oxygen atoms in total. The zero-order chi connectivity index (χ0) is 12.3. The number of carbonyl (C=O) groups excluding carboxylic acids is 2. The number of methoxy groups -OCH3 is 1. The molecule has 0 aliphatic heterocycles. The van der Waals surface area contributed by atoms with Gasteiger partial charge in [-0.05, 0) is 0 Å². The molecule has 0 radical (unpaired) electrons. The predicted octanol–water partition coefficient (Wildman–Crippen LogP) is 0.300. The molecule has 0 spiro atoms. The van der Waals surface area contributed by atoms with Gasteiger partial charge in [-0.15, -0.1) is 0 Å². The van der Waals surface area contributed by atoms with Crippen molar-refractivity contribution < 1.29 is 14.3 Å². The zero-order valence-electron chi connectivity index (χ0n) is 9.64. The highest BCUT2D eigenvalue weighted by Crippen LogP contribution is 2.13. The predicted molar refractivity (Wildman–Crippen MR) is 57.3 cm³/mol. The quantitative estimate of drug-likeness (QED) is 0.736. The number of anilines is 1. The average molecular weight is 226 g/mol. The molecule has 1 aromatic rings. The maximum Gasteiger partial charge on any atom is 0.358 e. The molecule has 0 unspecified atom stereocenters. The third kappa shape index (κ3) is 2.30. The summed E-state index contributed by atoms with van der Waals surface area (Å²) >= 11 is 0. The summed E-state index contributed by atoms with van der Waals surface area (Å²) in [5, 5.41) is 2.50. The van der Waals surface area contributed by atoms with Crippen LogP contribution in [0, 0.1) is 0 Å². The normalized spacial score (nSPS) is 9.75. The van der Waals surface area contributed by atoms with E-state index in [2.05, 4.69) is 15.0 Å². The van der Waals surface area contributed by atoms with Gasteiger partial charge in [0.25, 0.3) is 0 Å². The summed E-state index contributed by atoms with van der Waals surface area (Å²) in [5.41, 5.74) is 0.206. The van der Waals surface area contributed by atoms with Crippen LogP contribution in [0.15, 0.2) is 6.33 Å². The molecule has 0 fully saturated rings. The second kappa shape index (κ2) is 4.65. The van der Waals surface area contributed by atoms with Crippen LogP contribution in [0.5, 0.6) is 0 Å². The van der Waals surface area contributed by atoms with E-state index in [1.54, 1.807) is 21.1 Å². The Labute approximate surface area is 93.0 Å². The number of amides is 2. The molecule has 7 heteroatoms. The Kier molecular flexibility index (Phi) is 3.49. The smallest absolute Gasteiger partial charge is 0.358 e. The van der Waals surface area contributed by atoms with E-state index in [0.717, 1.165) is 0 Å². The molecule has 0 saturated heterocycles. The number of nitrogens with zero attached hydrogens (tertiary/aromatic N) is 3. The molecule has 0 aromatic carbocycles. The number of hydrogen-bond donors (Lipinski definition) is 1. The fourth-order valence-electron chi connectivity index (χ4n) is 1.07. The molecular formula is C9H14N4O3. The number of urea groups is 1. The second-order valence-electron chi connectivity index (χ2n) is 3.37. The third-order valence-corrected chi connectivity index (χ3v) is 1.95. The van der Waals surface area contributed by atoms with Gasteiger partial charge in [0.1, 0.15) is 0 Å². The maximum atomic E-state index is 11.4. The summed E-state index contributed by atoms with van der Waals surface area (Å²) in [6.07, 6.45) is 1.43. The minimum absolute atomic E-state index is 0.188. The van der Waals surface area contributed by atoms with Crippen LogP contribution in [0.2, 0.25) is 0 Å². The lowest BCUT2D eigenvalue weighted by molar-refractivity contribution is 0.0591. The van der Waals surface area contributed by atoms with Gasteiger partial charge in [-0.2, -0.15) is 0 Å². The Hall–Kier alpha value is -2.05. The first-order chi connectivity index (χ1) is 7.47. The Morgan fingerprint density at radius 1 is 1.50 bits per heavy atom. The van der Waals surface area contributed by atoms with Gasteiger partial charge < -0.3 is 14.2 Å². The number of carbonyl (C=O) groups is 2. The van der Waals surface area contributed by atoms with Crippen LogP contribution < -0.4 is 5.32 Å². The highest BCUT2D eigenvalue weighted by molar-refractivity contribution is 5.98. The van der Waals surface area contributed by atoms with Gasteiger partial charge in [-0.3, -0.25) is 5.32 Å². The SMILES string of the molecule is COC(=O)c1c(NC(=O)N(C)C)ncn1C. The standard InChI is InChI=1S/C9H14N4O3/c1-12(2)9(15)11-7-6(8(14)16-4)13(3)5-10-7/h5H,1-4H3,(H,11,15). The minimum atomic E-state index is -0.547. The topological polar surface area (TPSA) is 76.5 Å². The molecule has 0 aliphatic rings. The summed E-state index contributed by atoms with van der Waals surface area (Å²) in [4.78, 5) is 28.1. The Morgan fingerprint density at radius 2 is 2.12 bits per heavy atom. The van der Waals surface area contributed by atoms with Crippen LogP contribution in [0.25, 0.3) is 0 Å². The molecule has 1 heterocycles. The van der Waals surface area contributed by atoms with Gasteiger partial charge in [0.15, 0.2) is 11.5 Å². The fraction of sp³-hybridized carbons (Fsp3) is 0.444. The lowest BCUT2D eigenvalue weighted by Crippen LogP contribution is -2.28. The monoisotopic (exact) mass is 226 g/mol. The van der Waals surface area contributed by atoms with Crippen molar-refractivity contribution in [2.24, 2.45) is 7.05 Å². The second-order valence-corrected chi connectivity index (χ2v) is 3.37. The lowest BCUT2D eigenvalue weighted by atomic mass is 10.4. The van der Waals surface area contributed by atoms with Crippen LogP contribution in [-0.4, -0.2) is 47.7 Å². The number of aryl methyl sites for hydroxylation is 1. The van der Waals surface area contributed by atoms with Crippen molar-refractivity contribution in [1.29, 1.82) is 0 Å². The number of imidazole rings is 1. The lowest BCUT2D eigenvalue weighted by Gasteiger charge is -2.11. The van der Waals surface area contributed by atoms with Crippen molar-refractivity contribution in [3.8, 4) is 0 Å². The van der Waals surface area contributed by atoms with E-state index in [-0.39, 0.29) is 17.5 Å². The van der Waals surface area contributed by atoms with E-state index >= 15 is 0 Å². The molecule has 2 amide bonds. The van der Waals surface area contributed by atoms with Crippen molar-refractivity contribution in [2.45, 2.75) is 0 Å². The van der Waals surface area contributed by atoms with Crippen molar-refractivity contribution >= 4 is 17.8 Å². The van der Waals surface area contributed by atoms with E-state index in [4.69, 9.17) is 0 Å². The number of nitrogens with one attached hydrogen (secondary N) is 1. The van der Waals surface area contributed by atoms with Crippen LogP contribution in [0.1, 0.15) is 10.5 Å². The van der Waals surface area contributed by atoms with E-state index < -0.39 is 5.97 Å². The first kappa shape index (κ1) is 12.0. The van der Waals surface area contributed by atoms with Crippen LogP contribution in [-0.2, 0) is 11.8 Å². The molecular weight excluding hydrogens is 212 g/mol. The van der Waals surface area contributed by atoms with Gasteiger partial charge in [0.05, 0.1) is 13.4 Å². The first-order valence-electron chi connectivity index (χ1n) is 4.55. The van der Waals surface area contributed by atoms with E-state index in [1.165, 1.54) is 22.9 Å². The summed E-state index contributed by atoms with van der Waals surface area (Å²) in [7, 11) is 6.10. The molecule has 88 valence electrons. The Morgan fingerprint density at radius 3 is 2.62 bits per heavy atom. The summed E-state index contributed by atoms with van der Waals surface area (Å²) < 4.78 is 6.08. The van der Waals surface area contributed by atoms with Crippen molar-refractivity contribution in [1.82, 2.24) is 14.5 Å². The van der Waals surface area contributed by atoms with E-state index in [9.17, 15) is 9.59 Å². The van der Waals surface area contributed by atoms with E-state index in [1.807, 2.05) is 0 Å². The first-order valence-corrected chi connectivity index (χ1v) is 4.55. The molecule has 0 aliphatic carbocycles. The number of hydrogen-bond acceptors (Lipinski definition) is 4. The minimum Gasteiger partial charge on any atom is -0.464 e. The zero-order valence-corrected chi connectivity index (χ0v) is 9.64. The largest absolute Gasteiger partial charge is 0.464 e. The Bertz CT molecular complexity index is 411. The van der Waals surface area contributed by atoms with Crippen LogP contribution >= 0.6 is 0 Å². The van der Waals surface area contributed by atoms with Crippen LogP contribution in [0.3, 0.4) is 0 Å². The van der Waals surface area contributed by atoms with Crippen molar-refractivity contribution in [2.75, 3.05) is 26.5 Å². The molecule has 16 heavy (non-hydrogen) atoms. The summed E-state index contributed by atoms with van der Waals surface area (Å²) in [6.45, 7) is 0.